The largest absolute Gasteiger partial charge is 0.462 e. The number of ether oxygens (including phenoxy) is 1. The highest BCUT2D eigenvalue weighted by Gasteiger charge is 2.20. The minimum absolute atomic E-state index is 0.0355. The molecule has 3 aromatic rings. The zero-order valence-corrected chi connectivity index (χ0v) is 17.2. The number of thioether (sulfide) groups is 1. The number of nitrogens with zero attached hydrogens (tertiary/aromatic N) is 4. The number of carbonyl (C=O) groups excluding carboxylic acids is 1. The van der Waals surface area contributed by atoms with Crippen molar-refractivity contribution >= 4 is 23.4 Å². The van der Waals surface area contributed by atoms with E-state index in [4.69, 9.17) is 11.3 Å². The molecule has 3 rings (SSSR count). The van der Waals surface area contributed by atoms with Gasteiger partial charge in [0, 0.05) is 17.2 Å². The predicted molar refractivity (Wildman–Crippen MR) is 112 cm³/mol. The number of hydrogen-bond acceptors (Lipinski definition) is 7. The molecule has 1 aromatic carbocycles. The number of rotatable bonds is 5. The number of carbonyl (C=O) groups is 1. The van der Waals surface area contributed by atoms with Crippen molar-refractivity contribution in [3.05, 3.63) is 73.6 Å². The van der Waals surface area contributed by atoms with Crippen LogP contribution in [0.4, 0.5) is 5.69 Å². The second-order valence-corrected chi connectivity index (χ2v) is 6.88. The summed E-state index contributed by atoms with van der Waals surface area (Å²) in [5.41, 5.74) is 0.0629. The number of aromatic amines is 1. The molecule has 1 N–H and O–H groups in total. The number of nitrogens with one attached hydrogen (secondary N) is 1. The molecule has 0 aliphatic heterocycles. The van der Waals surface area contributed by atoms with Crippen molar-refractivity contribution in [2.45, 2.75) is 18.9 Å². The number of aromatic nitrogens is 4. The third-order valence-corrected chi connectivity index (χ3v) is 4.76. The minimum Gasteiger partial charge on any atom is -0.462 e. The summed E-state index contributed by atoms with van der Waals surface area (Å²) in [5, 5.41) is 2.75. The van der Waals surface area contributed by atoms with Crippen LogP contribution in [0.5, 0.6) is 0 Å². The maximum absolute atomic E-state index is 12.6. The molecule has 152 valence electrons. The molecule has 0 aliphatic carbocycles. The number of aryl methyl sites for hydroxylation is 1. The molecule has 0 radical (unpaired) electrons. The summed E-state index contributed by atoms with van der Waals surface area (Å²) in [6.45, 7) is 11.0. The van der Waals surface area contributed by atoms with Crippen molar-refractivity contribution in [1.82, 2.24) is 19.7 Å². The van der Waals surface area contributed by atoms with Gasteiger partial charge in [0.05, 0.1) is 18.7 Å². The van der Waals surface area contributed by atoms with Gasteiger partial charge in [-0.15, -0.1) is 11.8 Å². The second kappa shape index (κ2) is 8.75. The van der Waals surface area contributed by atoms with Gasteiger partial charge in [-0.05, 0) is 32.2 Å². The molecule has 0 unspecified atom stereocenters. The van der Waals surface area contributed by atoms with Crippen molar-refractivity contribution in [2.75, 3.05) is 12.9 Å². The molecule has 0 spiro atoms. The van der Waals surface area contributed by atoms with E-state index in [0.717, 1.165) is 4.68 Å². The van der Waals surface area contributed by atoms with Gasteiger partial charge in [0.1, 0.15) is 5.03 Å². The molecule has 0 atom stereocenters. The monoisotopic (exact) mass is 423 g/mol. The van der Waals surface area contributed by atoms with Crippen LogP contribution in [-0.2, 0) is 4.74 Å². The summed E-state index contributed by atoms with van der Waals surface area (Å²) in [7, 11) is 0. The maximum atomic E-state index is 12.6. The van der Waals surface area contributed by atoms with Gasteiger partial charge in [-0.1, -0.05) is 12.1 Å². The van der Waals surface area contributed by atoms with E-state index < -0.39 is 17.1 Å². The zero-order valence-electron chi connectivity index (χ0n) is 16.4. The summed E-state index contributed by atoms with van der Waals surface area (Å²) in [5.74, 6) is -0.324. The van der Waals surface area contributed by atoms with Crippen LogP contribution in [0.25, 0.3) is 22.1 Å². The topological polar surface area (TPSA) is 111 Å². The van der Waals surface area contributed by atoms with E-state index in [1.165, 1.54) is 24.8 Å². The van der Waals surface area contributed by atoms with Crippen molar-refractivity contribution < 1.29 is 9.53 Å². The Morgan fingerprint density at radius 2 is 2.07 bits per heavy atom. The lowest BCUT2D eigenvalue weighted by molar-refractivity contribution is 0.0526. The Labute approximate surface area is 175 Å². The van der Waals surface area contributed by atoms with Crippen LogP contribution in [0.1, 0.15) is 22.8 Å². The van der Waals surface area contributed by atoms with Crippen LogP contribution in [0.15, 0.2) is 44.9 Å². The van der Waals surface area contributed by atoms with Crippen molar-refractivity contribution in [1.29, 1.82) is 0 Å². The Hall–Kier alpha value is -3.71. The molecular formula is C20H17N5O4S. The summed E-state index contributed by atoms with van der Waals surface area (Å²) < 4.78 is 5.98. The molecule has 2 aromatic heterocycles. The van der Waals surface area contributed by atoms with E-state index in [2.05, 4.69) is 19.9 Å². The maximum Gasteiger partial charge on any atom is 0.338 e. The third kappa shape index (κ3) is 4.01. The van der Waals surface area contributed by atoms with E-state index in [1.807, 2.05) is 0 Å². The predicted octanol–water partition coefficient (Wildman–Crippen LogP) is 2.74. The van der Waals surface area contributed by atoms with Gasteiger partial charge in [0.2, 0.25) is 0 Å². The lowest BCUT2D eigenvalue weighted by Gasteiger charge is -2.12. The van der Waals surface area contributed by atoms with Crippen molar-refractivity contribution in [3.8, 4) is 17.2 Å². The highest BCUT2D eigenvalue weighted by molar-refractivity contribution is 7.98. The van der Waals surface area contributed by atoms with E-state index in [0.29, 0.717) is 16.2 Å². The first kappa shape index (κ1) is 21.0. The quantitative estimate of drug-likeness (QED) is 0.291. The summed E-state index contributed by atoms with van der Waals surface area (Å²) >= 11 is 1.21. The molecule has 30 heavy (non-hydrogen) atoms. The first-order valence-electron chi connectivity index (χ1n) is 8.84. The minimum atomic E-state index is -0.503. The van der Waals surface area contributed by atoms with Gasteiger partial charge in [-0.3, -0.25) is 14.7 Å². The zero-order chi connectivity index (χ0) is 21.8. The molecule has 0 fully saturated rings. The lowest BCUT2D eigenvalue weighted by Crippen LogP contribution is -2.30. The fourth-order valence-electron chi connectivity index (χ4n) is 2.72. The van der Waals surface area contributed by atoms with Crippen LogP contribution < -0.4 is 11.1 Å². The average molecular weight is 423 g/mol. The van der Waals surface area contributed by atoms with Crippen LogP contribution in [0, 0.1) is 13.5 Å². The second-order valence-electron chi connectivity index (χ2n) is 6.09. The van der Waals surface area contributed by atoms with Gasteiger partial charge in [0.15, 0.2) is 11.6 Å². The van der Waals surface area contributed by atoms with E-state index in [1.54, 1.807) is 37.4 Å². The molecule has 10 heteroatoms. The Balaban J connectivity index is 2.28. The number of benzene rings is 1. The van der Waals surface area contributed by atoms with Gasteiger partial charge in [-0.2, -0.15) is 0 Å². The third-order valence-electron chi connectivity index (χ3n) is 4.09. The molecular weight excluding hydrogens is 406 g/mol. The Bertz CT molecular complexity index is 1290. The van der Waals surface area contributed by atoms with Crippen LogP contribution >= 0.6 is 11.8 Å². The molecule has 0 saturated carbocycles. The summed E-state index contributed by atoms with van der Waals surface area (Å²) in [4.78, 5) is 48.9. The van der Waals surface area contributed by atoms with Crippen molar-refractivity contribution in [2.24, 2.45) is 0 Å². The number of hydrogen-bond donors (Lipinski definition) is 1. The molecule has 0 saturated heterocycles. The van der Waals surface area contributed by atoms with E-state index in [9.17, 15) is 14.4 Å². The first-order chi connectivity index (χ1) is 14.4. The Morgan fingerprint density at radius 3 is 2.73 bits per heavy atom. The SMILES string of the molecule is [C-]#[N+]c1c(SC)nc(-c2cccc(C(=O)OCC)c2)nc1-n1[nH]c(=O)cc(C)c1=O. The highest BCUT2D eigenvalue weighted by Crippen LogP contribution is 2.33. The van der Waals surface area contributed by atoms with Gasteiger partial charge in [-0.25, -0.2) is 24.3 Å². The Morgan fingerprint density at radius 1 is 1.30 bits per heavy atom. The number of esters is 1. The lowest BCUT2D eigenvalue weighted by atomic mass is 10.1. The summed E-state index contributed by atoms with van der Waals surface area (Å²) in [6.07, 6.45) is 1.74. The highest BCUT2D eigenvalue weighted by atomic mass is 32.2. The average Bonchev–Trinajstić information content (AvgIpc) is 2.75. The van der Waals surface area contributed by atoms with Crippen molar-refractivity contribution in [3.63, 3.8) is 0 Å². The fourth-order valence-corrected chi connectivity index (χ4v) is 3.23. The van der Waals surface area contributed by atoms with Crippen LogP contribution in [-0.4, -0.2) is 38.6 Å². The molecule has 9 nitrogen and oxygen atoms in total. The van der Waals surface area contributed by atoms with Crippen LogP contribution in [0.3, 0.4) is 0 Å². The molecule has 2 heterocycles. The standard InChI is InChI=1S/C20H17N5O4S/c1-5-29-20(28)13-8-6-7-12(10-13)16-22-17(15(21-3)18(23-16)30-4)25-19(27)11(2)9-14(26)24-25/h6-10H,5H2,1-2,4H3,(H,24,26). The van der Waals surface area contributed by atoms with Gasteiger partial charge < -0.3 is 4.74 Å². The molecule has 0 amide bonds. The normalized spacial score (nSPS) is 10.5. The number of H-pyrrole nitrogens is 1. The smallest absolute Gasteiger partial charge is 0.338 e. The first-order valence-corrected chi connectivity index (χ1v) is 10.1. The van der Waals surface area contributed by atoms with Gasteiger partial charge >= 0.3 is 5.97 Å². The van der Waals surface area contributed by atoms with Crippen LogP contribution in [0.2, 0.25) is 0 Å². The molecule has 0 aliphatic rings. The Kier molecular flexibility index (Phi) is 6.13. The fraction of sp³-hybridized carbons (Fsp3) is 0.200. The van der Waals surface area contributed by atoms with Gasteiger partial charge in [0.25, 0.3) is 16.8 Å². The molecule has 0 bridgehead atoms. The van der Waals surface area contributed by atoms with E-state index >= 15 is 0 Å². The van der Waals surface area contributed by atoms with E-state index in [-0.39, 0.29) is 29.5 Å². The summed E-state index contributed by atoms with van der Waals surface area (Å²) in [6, 6.07) is 7.71.